The molecule has 2 heterocycles. The monoisotopic (exact) mass is 479 g/mol. The van der Waals surface area contributed by atoms with E-state index in [4.69, 9.17) is 27.9 Å². The predicted molar refractivity (Wildman–Crippen MR) is 122 cm³/mol. The van der Waals surface area contributed by atoms with E-state index >= 15 is 0 Å². The van der Waals surface area contributed by atoms with Gasteiger partial charge in [0.15, 0.2) is 5.54 Å². The zero-order valence-corrected chi connectivity index (χ0v) is 19.7. The number of nitrogens with zero attached hydrogens (tertiary/aromatic N) is 2. The molecule has 0 radical (unpaired) electrons. The summed E-state index contributed by atoms with van der Waals surface area (Å²) in [5, 5.41) is 3.30. The lowest BCUT2D eigenvalue weighted by Gasteiger charge is -2.42. The number of amides is 2. The number of alkyl halides is 1. The van der Waals surface area contributed by atoms with Gasteiger partial charge in [0.05, 0.1) is 23.2 Å². The molecule has 0 aromatic heterocycles. The summed E-state index contributed by atoms with van der Waals surface area (Å²) in [5.41, 5.74) is 0.598. The Morgan fingerprint density at radius 2 is 2.00 bits per heavy atom. The number of aryl methyl sites for hydroxylation is 1. The number of hydrogen-bond acceptors (Lipinski definition) is 4. The number of benzene rings is 2. The number of nitrogens with one attached hydrogen (secondary N) is 1. The molecule has 2 aromatic rings. The Labute approximate surface area is 196 Å². The van der Waals surface area contributed by atoms with Crippen LogP contribution in [0.1, 0.15) is 23.1 Å². The van der Waals surface area contributed by atoms with Crippen LogP contribution < -0.4 is 10.1 Å². The largest absolute Gasteiger partial charge is 0.496 e. The molecule has 0 saturated carbocycles. The fourth-order valence-electron chi connectivity index (χ4n) is 4.81. The number of anilines is 1. The number of likely N-dealkylation sites (N-methyl/N-ethyl adjacent to an activating group) is 1. The summed E-state index contributed by atoms with van der Waals surface area (Å²) in [6.07, 6.45) is -1.33. The Morgan fingerprint density at radius 1 is 1.28 bits per heavy atom. The van der Waals surface area contributed by atoms with E-state index in [0.29, 0.717) is 22.6 Å². The van der Waals surface area contributed by atoms with Crippen molar-refractivity contribution in [3.63, 3.8) is 0 Å². The number of rotatable bonds is 4. The van der Waals surface area contributed by atoms with Crippen molar-refractivity contribution in [2.24, 2.45) is 0 Å². The molecular formula is C23H24Cl2FN3O3. The van der Waals surface area contributed by atoms with E-state index in [9.17, 15) is 14.0 Å². The number of carbonyl (C=O) groups is 2. The average Bonchev–Trinajstić information content (AvgIpc) is 3.28. The van der Waals surface area contributed by atoms with Gasteiger partial charge in [-0.3, -0.25) is 14.5 Å². The number of methoxy groups -OCH3 is 1. The quantitative estimate of drug-likeness (QED) is 0.719. The van der Waals surface area contributed by atoms with E-state index in [1.807, 2.05) is 19.1 Å². The number of fused-ring (bicyclic) bond motifs is 1. The fourth-order valence-corrected chi connectivity index (χ4v) is 5.27. The lowest BCUT2D eigenvalue weighted by molar-refractivity contribution is -0.138. The van der Waals surface area contributed by atoms with Gasteiger partial charge in [-0.05, 0) is 31.2 Å². The SMILES string of the molecule is COc1ccc(C)cc1C1(N2C[C@H](F)C[C@H]2C(=O)N(C)C)C(=O)Nc2ccc(Cl)c(Cl)c21. The average molecular weight is 480 g/mol. The Kier molecular flexibility index (Phi) is 5.86. The lowest BCUT2D eigenvalue weighted by Crippen LogP contribution is -2.57. The molecule has 1 N–H and O–H groups in total. The number of carbonyl (C=O) groups excluding carboxylic acids is 2. The van der Waals surface area contributed by atoms with Gasteiger partial charge >= 0.3 is 0 Å². The van der Waals surface area contributed by atoms with E-state index in [0.717, 1.165) is 5.56 Å². The molecule has 170 valence electrons. The van der Waals surface area contributed by atoms with Crippen LogP contribution in [-0.4, -0.2) is 61.6 Å². The van der Waals surface area contributed by atoms with Crippen molar-refractivity contribution in [2.75, 3.05) is 33.1 Å². The number of halogens is 3. The molecule has 2 aromatic carbocycles. The highest BCUT2D eigenvalue weighted by Gasteiger charge is 2.60. The third-order valence-corrected chi connectivity index (χ3v) is 6.99. The van der Waals surface area contributed by atoms with Gasteiger partial charge in [-0.2, -0.15) is 0 Å². The molecule has 9 heteroatoms. The normalized spacial score (nSPS) is 24.9. The minimum absolute atomic E-state index is 0.0340. The molecule has 1 unspecified atom stereocenters. The molecule has 0 bridgehead atoms. The van der Waals surface area contributed by atoms with Crippen LogP contribution in [0.25, 0.3) is 0 Å². The van der Waals surface area contributed by atoms with Crippen molar-refractivity contribution in [3.05, 3.63) is 57.1 Å². The molecule has 2 amide bonds. The van der Waals surface area contributed by atoms with Crippen LogP contribution in [0.5, 0.6) is 5.75 Å². The number of likely N-dealkylation sites (tertiary alicyclic amines) is 1. The summed E-state index contributed by atoms with van der Waals surface area (Å²) < 4.78 is 20.5. The standard InChI is InChI=1S/C23H24Cl2FN3O3/c1-12-5-8-18(32-4)14(9-12)23(29-11-13(26)10-17(29)21(30)28(2)3)19-16(27-22(23)31)7-6-15(24)20(19)25/h5-9,13,17H,10-11H2,1-4H3,(H,27,31)/t13-,17+,23?/m1/s1. The predicted octanol–water partition coefficient (Wildman–Crippen LogP) is 4.01. The van der Waals surface area contributed by atoms with Gasteiger partial charge in [0.1, 0.15) is 11.9 Å². The molecule has 1 fully saturated rings. The number of ether oxygens (including phenoxy) is 1. The van der Waals surface area contributed by atoms with Gasteiger partial charge in [-0.1, -0.05) is 34.8 Å². The Bertz CT molecular complexity index is 1110. The summed E-state index contributed by atoms with van der Waals surface area (Å²) in [4.78, 5) is 30.0. The summed E-state index contributed by atoms with van der Waals surface area (Å²) >= 11 is 13.1. The van der Waals surface area contributed by atoms with Crippen LogP contribution in [-0.2, 0) is 15.1 Å². The summed E-state index contributed by atoms with van der Waals surface area (Å²) in [6, 6.07) is 7.80. The molecule has 3 atom stereocenters. The molecule has 2 aliphatic rings. The Balaban J connectivity index is 2.10. The minimum atomic E-state index is -1.61. The van der Waals surface area contributed by atoms with Crippen molar-refractivity contribution in [1.29, 1.82) is 0 Å². The molecule has 6 nitrogen and oxygen atoms in total. The molecule has 0 aliphatic carbocycles. The van der Waals surface area contributed by atoms with Crippen molar-refractivity contribution in [1.82, 2.24) is 9.80 Å². The van der Waals surface area contributed by atoms with Gasteiger partial charge < -0.3 is 15.0 Å². The van der Waals surface area contributed by atoms with E-state index in [2.05, 4.69) is 5.32 Å². The van der Waals surface area contributed by atoms with Gasteiger partial charge in [0, 0.05) is 43.9 Å². The third kappa shape index (κ3) is 3.26. The van der Waals surface area contributed by atoms with Crippen LogP contribution in [0.3, 0.4) is 0 Å². The molecular weight excluding hydrogens is 456 g/mol. The smallest absolute Gasteiger partial charge is 0.254 e. The van der Waals surface area contributed by atoms with Crippen LogP contribution in [0.15, 0.2) is 30.3 Å². The highest BCUT2D eigenvalue weighted by Crippen LogP contribution is 2.54. The van der Waals surface area contributed by atoms with Crippen LogP contribution in [0, 0.1) is 6.92 Å². The topological polar surface area (TPSA) is 61.9 Å². The highest BCUT2D eigenvalue weighted by molar-refractivity contribution is 6.43. The maximum Gasteiger partial charge on any atom is 0.254 e. The molecule has 2 aliphatic heterocycles. The molecule has 1 saturated heterocycles. The first-order valence-corrected chi connectivity index (χ1v) is 11.0. The van der Waals surface area contributed by atoms with Gasteiger partial charge in [0.2, 0.25) is 5.91 Å². The van der Waals surface area contributed by atoms with E-state index in [1.54, 1.807) is 37.2 Å². The first-order valence-electron chi connectivity index (χ1n) is 10.2. The second kappa shape index (κ2) is 8.21. The summed E-state index contributed by atoms with van der Waals surface area (Å²) in [7, 11) is 4.72. The molecule has 4 rings (SSSR count). The lowest BCUT2D eigenvalue weighted by atomic mass is 9.80. The van der Waals surface area contributed by atoms with Crippen molar-refractivity contribution >= 4 is 40.7 Å². The van der Waals surface area contributed by atoms with Crippen LogP contribution in [0.4, 0.5) is 10.1 Å². The van der Waals surface area contributed by atoms with Crippen molar-refractivity contribution in [3.8, 4) is 5.75 Å². The second-order valence-corrected chi connectivity index (χ2v) is 9.17. The van der Waals surface area contributed by atoms with Crippen LogP contribution >= 0.6 is 23.2 Å². The maximum absolute atomic E-state index is 14.9. The minimum Gasteiger partial charge on any atom is -0.496 e. The van der Waals surface area contributed by atoms with Gasteiger partial charge in [0.25, 0.3) is 5.91 Å². The van der Waals surface area contributed by atoms with E-state index in [1.165, 1.54) is 12.0 Å². The van der Waals surface area contributed by atoms with Crippen LogP contribution in [0.2, 0.25) is 10.0 Å². The zero-order chi connectivity index (χ0) is 23.4. The van der Waals surface area contributed by atoms with E-state index < -0.39 is 23.7 Å². The molecule has 32 heavy (non-hydrogen) atoms. The van der Waals surface area contributed by atoms with Crippen molar-refractivity contribution < 1.29 is 18.7 Å². The third-order valence-electron chi connectivity index (χ3n) is 6.18. The maximum atomic E-state index is 14.9. The Morgan fingerprint density at radius 3 is 2.66 bits per heavy atom. The molecule has 0 spiro atoms. The first kappa shape index (κ1) is 22.8. The van der Waals surface area contributed by atoms with Gasteiger partial charge in [-0.25, -0.2) is 4.39 Å². The zero-order valence-electron chi connectivity index (χ0n) is 18.2. The highest BCUT2D eigenvalue weighted by atomic mass is 35.5. The van der Waals surface area contributed by atoms with Gasteiger partial charge in [-0.15, -0.1) is 0 Å². The second-order valence-electron chi connectivity index (χ2n) is 8.39. The Hall–Kier alpha value is -2.35. The summed E-state index contributed by atoms with van der Waals surface area (Å²) in [5.74, 6) is -0.310. The van der Waals surface area contributed by atoms with E-state index in [-0.39, 0.29) is 28.9 Å². The summed E-state index contributed by atoms with van der Waals surface area (Å²) in [6.45, 7) is 1.76. The fraction of sp³-hybridized carbons (Fsp3) is 0.391. The van der Waals surface area contributed by atoms with Crippen molar-refractivity contribution in [2.45, 2.75) is 31.1 Å². The number of hydrogen-bond donors (Lipinski definition) is 1. The first-order chi connectivity index (χ1) is 15.1.